The van der Waals surface area contributed by atoms with Crippen molar-refractivity contribution in [1.82, 2.24) is 19.7 Å². The molecule has 3 aromatic rings. The van der Waals surface area contributed by atoms with Crippen LogP contribution < -0.4 is 5.73 Å². The van der Waals surface area contributed by atoms with E-state index >= 15 is 0 Å². The summed E-state index contributed by atoms with van der Waals surface area (Å²) in [5.74, 6) is 0. The van der Waals surface area contributed by atoms with Crippen LogP contribution in [0.4, 0.5) is 0 Å². The summed E-state index contributed by atoms with van der Waals surface area (Å²) in [6.45, 7) is 1.41. The summed E-state index contributed by atoms with van der Waals surface area (Å²) in [7, 11) is 0. The quantitative estimate of drug-likeness (QED) is 0.763. The van der Waals surface area contributed by atoms with E-state index in [1.165, 1.54) is 16.5 Å². The highest BCUT2D eigenvalue weighted by Gasteiger charge is 2.04. The number of nitrogens with zero attached hydrogens (tertiary/aromatic N) is 3. The number of hydrogen-bond donors (Lipinski definition) is 2. The van der Waals surface area contributed by atoms with Crippen molar-refractivity contribution in [1.29, 1.82) is 0 Å². The van der Waals surface area contributed by atoms with Gasteiger partial charge in [-0.25, -0.2) is 9.67 Å². The van der Waals surface area contributed by atoms with E-state index in [2.05, 4.69) is 33.3 Å². The maximum atomic E-state index is 5.62. The van der Waals surface area contributed by atoms with E-state index in [1.54, 1.807) is 12.7 Å². The van der Waals surface area contributed by atoms with Crippen molar-refractivity contribution in [3.05, 3.63) is 48.2 Å². The molecule has 1 aromatic carbocycles. The average Bonchev–Trinajstić information content (AvgIpc) is 3.00. The molecule has 0 atom stereocenters. The fraction of sp³-hybridized carbons (Fsp3) is 0.231. The molecule has 0 aliphatic carbocycles. The van der Waals surface area contributed by atoms with Crippen molar-refractivity contribution in [3.8, 4) is 0 Å². The lowest BCUT2D eigenvalue weighted by Crippen LogP contribution is -2.02. The van der Waals surface area contributed by atoms with Gasteiger partial charge in [0.15, 0.2) is 0 Å². The number of aromatic nitrogens is 4. The minimum absolute atomic E-state index is 0. The van der Waals surface area contributed by atoms with Crippen LogP contribution in [-0.4, -0.2) is 26.3 Å². The van der Waals surface area contributed by atoms with Crippen molar-refractivity contribution in [2.75, 3.05) is 6.54 Å². The SMILES string of the molecule is Cl.NCCc1c[nH]c2ccc(Cn3cncn3)cc12. The Balaban J connectivity index is 0.00000133. The van der Waals surface area contributed by atoms with Crippen LogP contribution in [0.25, 0.3) is 10.9 Å². The van der Waals surface area contributed by atoms with E-state index in [0.717, 1.165) is 18.5 Å². The summed E-state index contributed by atoms with van der Waals surface area (Å²) in [4.78, 5) is 7.22. The Kier molecular flexibility index (Phi) is 4.19. The third-order valence-corrected chi connectivity index (χ3v) is 3.06. The van der Waals surface area contributed by atoms with Gasteiger partial charge < -0.3 is 10.7 Å². The smallest absolute Gasteiger partial charge is 0.137 e. The third kappa shape index (κ3) is 2.77. The molecule has 0 radical (unpaired) electrons. The maximum absolute atomic E-state index is 5.62. The lowest BCUT2D eigenvalue weighted by Gasteiger charge is -2.03. The molecular weight excluding hydrogens is 262 g/mol. The summed E-state index contributed by atoms with van der Waals surface area (Å²) in [5, 5.41) is 5.36. The third-order valence-electron chi connectivity index (χ3n) is 3.06. The number of rotatable bonds is 4. The van der Waals surface area contributed by atoms with Crippen LogP contribution in [0.15, 0.2) is 37.1 Å². The number of hydrogen-bond acceptors (Lipinski definition) is 3. The standard InChI is InChI=1S/C13H15N5.ClH/c14-4-3-11-6-16-13-2-1-10(5-12(11)13)7-18-9-15-8-17-18;/h1-2,5-6,8-9,16H,3-4,7,14H2;1H. The van der Waals surface area contributed by atoms with Gasteiger partial charge in [0.05, 0.1) is 6.54 Å². The predicted octanol–water partition coefficient (Wildman–Crippen LogP) is 1.73. The molecule has 2 aromatic heterocycles. The van der Waals surface area contributed by atoms with E-state index in [1.807, 2.05) is 10.9 Å². The number of H-pyrrole nitrogens is 1. The van der Waals surface area contributed by atoms with E-state index in [0.29, 0.717) is 6.54 Å². The van der Waals surface area contributed by atoms with Crippen molar-refractivity contribution >= 4 is 23.3 Å². The number of nitrogens with two attached hydrogens (primary N) is 1. The first-order valence-corrected chi connectivity index (χ1v) is 5.98. The molecule has 0 aliphatic rings. The summed E-state index contributed by atoms with van der Waals surface area (Å²) < 4.78 is 1.82. The van der Waals surface area contributed by atoms with E-state index in [4.69, 9.17) is 5.73 Å². The molecule has 100 valence electrons. The van der Waals surface area contributed by atoms with Crippen LogP contribution in [0.2, 0.25) is 0 Å². The second-order valence-electron chi connectivity index (χ2n) is 4.33. The lowest BCUT2D eigenvalue weighted by molar-refractivity contribution is 0.685. The number of halogens is 1. The molecule has 0 amide bonds. The molecule has 0 saturated carbocycles. The first-order chi connectivity index (χ1) is 8.86. The Labute approximate surface area is 117 Å². The summed E-state index contributed by atoms with van der Waals surface area (Å²) >= 11 is 0. The summed E-state index contributed by atoms with van der Waals surface area (Å²) in [5.41, 5.74) is 9.26. The number of nitrogens with one attached hydrogen (secondary N) is 1. The van der Waals surface area contributed by atoms with Crippen LogP contribution in [0.3, 0.4) is 0 Å². The molecule has 3 N–H and O–H groups in total. The highest BCUT2D eigenvalue weighted by molar-refractivity contribution is 5.85. The van der Waals surface area contributed by atoms with E-state index < -0.39 is 0 Å². The second-order valence-corrected chi connectivity index (χ2v) is 4.33. The Morgan fingerprint density at radius 3 is 2.95 bits per heavy atom. The van der Waals surface area contributed by atoms with Gasteiger partial charge in [0.1, 0.15) is 12.7 Å². The van der Waals surface area contributed by atoms with E-state index in [9.17, 15) is 0 Å². The second kappa shape index (κ2) is 5.86. The number of benzene rings is 1. The Morgan fingerprint density at radius 1 is 1.32 bits per heavy atom. The number of aromatic amines is 1. The van der Waals surface area contributed by atoms with Gasteiger partial charge in [0.2, 0.25) is 0 Å². The molecule has 5 nitrogen and oxygen atoms in total. The highest BCUT2D eigenvalue weighted by atomic mass is 35.5. The zero-order chi connectivity index (χ0) is 12.4. The minimum atomic E-state index is 0. The minimum Gasteiger partial charge on any atom is -0.361 e. The molecule has 0 fully saturated rings. The average molecular weight is 278 g/mol. The van der Waals surface area contributed by atoms with Gasteiger partial charge in [-0.2, -0.15) is 5.10 Å². The molecule has 6 heteroatoms. The summed E-state index contributed by atoms with van der Waals surface area (Å²) in [6.07, 6.45) is 6.21. The molecule has 2 heterocycles. The molecule has 0 aliphatic heterocycles. The van der Waals surface area contributed by atoms with Crippen LogP contribution in [0, 0.1) is 0 Å². The summed E-state index contributed by atoms with van der Waals surface area (Å²) in [6, 6.07) is 6.40. The lowest BCUT2D eigenvalue weighted by atomic mass is 10.1. The molecule has 0 spiro atoms. The first-order valence-electron chi connectivity index (χ1n) is 5.98. The Bertz CT molecular complexity index is 644. The van der Waals surface area contributed by atoms with Crippen LogP contribution >= 0.6 is 12.4 Å². The van der Waals surface area contributed by atoms with Crippen molar-refractivity contribution < 1.29 is 0 Å². The number of fused-ring (bicyclic) bond motifs is 1. The van der Waals surface area contributed by atoms with Gasteiger partial charge in [-0.15, -0.1) is 12.4 Å². The zero-order valence-electron chi connectivity index (χ0n) is 10.4. The zero-order valence-corrected chi connectivity index (χ0v) is 11.2. The van der Waals surface area contributed by atoms with Gasteiger partial charge in [-0.05, 0) is 36.2 Å². The van der Waals surface area contributed by atoms with Crippen molar-refractivity contribution in [2.24, 2.45) is 5.73 Å². The molecule has 0 unspecified atom stereocenters. The van der Waals surface area contributed by atoms with Gasteiger partial charge >= 0.3 is 0 Å². The molecule has 0 bridgehead atoms. The predicted molar refractivity (Wildman–Crippen MR) is 77.4 cm³/mol. The normalized spacial score (nSPS) is 10.6. The fourth-order valence-electron chi connectivity index (χ4n) is 2.19. The molecule has 0 saturated heterocycles. The van der Waals surface area contributed by atoms with E-state index in [-0.39, 0.29) is 12.4 Å². The van der Waals surface area contributed by atoms with Crippen LogP contribution in [0.1, 0.15) is 11.1 Å². The maximum Gasteiger partial charge on any atom is 0.137 e. The molecule has 19 heavy (non-hydrogen) atoms. The topological polar surface area (TPSA) is 72.5 Å². The Hall–Kier alpha value is -1.85. The molecule has 3 rings (SSSR count). The highest BCUT2D eigenvalue weighted by Crippen LogP contribution is 2.20. The molecular formula is C13H16ClN5. The fourth-order valence-corrected chi connectivity index (χ4v) is 2.19. The van der Waals surface area contributed by atoms with Crippen molar-refractivity contribution in [2.45, 2.75) is 13.0 Å². The Morgan fingerprint density at radius 2 is 2.21 bits per heavy atom. The monoisotopic (exact) mass is 277 g/mol. The van der Waals surface area contributed by atoms with Crippen LogP contribution in [0.5, 0.6) is 0 Å². The van der Waals surface area contributed by atoms with Crippen LogP contribution in [-0.2, 0) is 13.0 Å². The first kappa shape index (κ1) is 13.6. The van der Waals surface area contributed by atoms with Gasteiger partial charge in [0, 0.05) is 17.1 Å². The van der Waals surface area contributed by atoms with Gasteiger partial charge in [0.25, 0.3) is 0 Å². The van der Waals surface area contributed by atoms with Gasteiger partial charge in [-0.1, -0.05) is 6.07 Å². The largest absolute Gasteiger partial charge is 0.361 e. The van der Waals surface area contributed by atoms with Crippen molar-refractivity contribution in [3.63, 3.8) is 0 Å². The van der Waals surface area contributed by atoms with Gasteiger partial charge in [-0.3, -0.25) is 0 Å².